The molecule has 9 aromatic carbocycles. The zero-order valence-corrected chi connectivity index (χ0v) is 28.8. The molecule has 0 radical (unpaired) electrons. The van der Waals surface area contributed by atoms with E-state index in [0.717, 1.165) is 33.0 Å². The number of hydrogen-bond donors (Lipinski definition) is 0. The molecule has 0 aromatic heterocycles. The third-order valence-electron chi connectivity index (χ3n) is 10.1. The molecule has 0 N–H and O–H groups in total. The van der Waals surface area contributed by atoms with Crippen LogP contribution in [0.25, 0.3) is 43.4 Å². The number of rotatable bonds is 6. The Balaban J connectivity index is 1.23. The van der Waals surface area contributed by atoms with Gasteiger partial charge in [0.05, 0.1) is 24.9 Å². The molecule has 2 nitrogen and oxygen atoms in total. The van der Waals surface area contributed by atoms with E-state index in [-0.39, 0.29) is 57.1 Å². The van der Waals surface area contributed by atoms with Gasteiger partial charge in [-0.1, -0.05) is 141 Å². The van der Waals surface area contributed by atoms with Crippen molar-refractivity contribution >= 4 is 66.4 Å². The number of fused-ring (bicyclic) bond motifs is 7. The van der Waals surface area contributed by atoms with E-state index in [9.17, 15) is 5.48 Å². The van der Waals surface area contributed by atoms with Crippen molar-refractivity contribution in [3.05, 3.63) is 205 Å². The van der Waals surface area contributed by atoms with Gasteiger partial charge < -0.3 is 9.80 Å². The summed E-state index contributed by atoms with van der Waals surface area (Å²) >= 11 is 0. The minimum Gasteiger partial charge on any atom is -0.310 e. The number of anilines is 6. The van der Waals surface area contributed by atoms with E-state index in [1.54, 1.807) is 21.9 Å². The van der Waals surface area contributed by atoms with Gasteiger partial charge in [0.25, 0.3) is 0 Å². The summed E-state index contributed by atoms with van der Waals surface area (Å²) in [5.74, 6) is 0. The number of nitrogens with zero attached hydrogens (tertiary/aromatic N) is 2. The molecule has 0 saturated carbocycles. The summed E-state index contributed by atoms with van der Waals surface area (Å²) in [4.78, 5) is 3.41. The van der Waals surface area contributed by atoms with Gasteiger partial charge in [-0.25, -0.2) is 0 Å². The molecule has 0 saturated heterocycles. The maximum atomic E-state index is 9.62. The van der Waals surface area contributed by atoms with Crippen LogP contribution in [0.3, 0.4) is 0 Å². The normalized spacial score (nSPS) is 16.6. The Morgan fingerprint density at radius 1 is 0.434 bits per heavy atom. The highest BCUT2D eigenvalue weighted by Crippen LogP contribution is 2.55. The van der Waals surface area contributed by atoms with E-state index in [1.807, 2.05) is 97.1 Å². The summed E-state index contributed by atoms with van der Waals surface area (Å²) in [5.41, 5.74) is 4.95. The second-order valence-electron chi connectivity index (χ2n) is 13.5. The van der Waals surface area contributed by atoms with Crippen molar-refractivity contribution in [2.75, 3.05) is 9.80 Å². The van der Waals surface area contributed by atoms with Crippen LogP contribution in [0.2, 0.25) is 0 Å². The second kappa shape index (κ2) is 12.3. The molecule has 0 bridgehead atoms. The number of hydrogen-bond acceptors (Lipinski definition) is 2. The summed E-state index contributed by atoms with van der Waals surface area (Å²) in [7, 11) is 0. The van der Waals surface area contributed by atoms with E-state index in [0.29, 0.717) is 22.7 Å². The second-order valence-corrected chi connectivity index (χ2v) is 13.5. The molecule has 1 aliphatic carbocycles. The molecule has 0 aliphatic heterocycles. The Labute approximate surface area is 330 Å². The molecular weight excluding hydrogens is 641 g/mol. The fraction of sp³-hybridized carbons (Fsp3) is 0.0588. The number of para-hydroxylation sites is 2. The molecular formula is C51H38N2. The van der Waals surface area contributed by atoms with Gasteiger partial charge in [-0.3, -0.25) is 0 Å². The smallest absolute Gasteiger partial charge is 0.0651 e. The van der Waals surface area contributed by atoms with Crippen LogP contribution in [0, 0.1) is 0 Å². The molecule has 0 atom stereocenters. The Kier molecular flexibility index (Phi) is 4.58. The van der Waals surface area contributed by atoms with E-state index in [1.165, 1.54) is 0 Å². The maximum absolute atomic E-state index is 9.62. The predicted octanol–water partition coefficient (Wildman–Crippen LogP) is 14.4. The van der Waals surface area contributed by atoms with Gasteiger partial charge in [-0.2, -0.15) is 0 Å². The lowest BCUT2D eigenvalue weighted by atomic mass is 9.81. The van der Waals surface area contributed by atoms with Crippen molar-refractivity contribution in [2.24, 2.45) is 0 Å². The monoisotopic (exact) mass is 692 g/mol. The van der Waals surface area contributed by atoms with Crippen molar-refractivity contribution in [2.45, 2.75) is 19.3 Å². The molecule has 9 aromatic rings. The van der Waals surface area contributed by atoms with E-state index in [4.69, 9.17) is 13.7 Å². The quantitative estimate of drug-likeness (QED) is 0.171. The van der Waals surface area contributed by atoms with Crippen molar-refractivity contribution in [3.63, 3.8) is 0 Å². The van der Waals surface area contributed by atoms with Crippen LogP contribution in [0.15, 0.2) is 194 Å². The first kappa shape index (κ1) is 19.8. The van der Waals surface area contributed by atoms with Crippen molar-refractivity contribution in [1.29, 1.82) is 0 Å². The van der Waals surface area contributed by atoms with Gasteiger partial charge in [-0.05, 0) is 116 Å². The topological polar surface area (TPSA) is 6.48 Å². The minimum atomic E-state index is -0.766. The van der Waals surface area contributed by atoms with Crippen molar-refractivity contribution in [3.8, 4) is 11.1 Å². The van der Waals surface area contributed by atoms with Crippen LogP contribution in [-0.4, -0.2) is 0 Å². The number of benzene rings is 9. The fourth-order valence-electron chi connectivity index (χ4n) is 7.59. The van der Waals surface area contributed by atoms with Gasteiger partial charge in [-0.15, -0.1) is 0 Å². The van der Waals surface area contributed by atoms with Crippen LogP contribution >= 0.6 is 0 Å². The van der Waals surface area contributed by atoms with Crippen LogP contribution < -0.4 is 9.80 Å². The highest BCUT2D eigenvalue weighted by atomic mass is 15.1. The third kappa shape index (κ3) is 5.10. The van der Waals surface area contributed by atoms with Gasteiger partial charge in [0, 0.05) is 39.2 Å². The van der Waals surface area contributed by atoms with Crippen LogP contribution in [0.5, 0.6) is 0 Å². The van der Waals surface area contributed by atoms with Gasteiger partial charge in [0.1, 0.15) is 0 Å². The first-order valence-corrected chi connectivity index (χ1v) is 17.3. The van der Waals surface area contributed by atoms with Crippen LogP contribution in [-0.2, 0) is 5.41 Å². The average Bonchev–Trinajstić information content (AvgIpc) is 3.56. The van der Waals surface area contributed by atoms with Gasteiger partial charge in [0.2, 0.25) is 0 Å². The van der Waals surface area contributed by atoms with Crippen molar-refractivity contribution < 1.29 is 19.2 Å². The molecule has 10 rings (SSSR count). The largest absolute Gasteiger partial charge is 0.310 e. The summed E-state index contributed by atoms with van der Waals surface area (Å²) in [6.07, 6.45) is 0. The Hall–Kier alpha value is -6.64. The molecule has 0 unspecified atom stereocenters. The first-order chi connectivity index (χ1) is 31.9. The molecule has 0 heterocycles. The molecule has 252 valence electrons. The van der Waals surface area contributed by atoms with E-state index < -0.39 is 65.8 Å². The SMILES string of the molecule is [2H]c1c([2H])c([2H])c2c([2H])c(N(c3ccccc3)c3ccc4c(c3)C(C)(C)c3cc(N(c5ccccc5)c5c([2H])c([2H])c6c([2H])c([2H])c([2H])c([2H])c6c5[2H])c5ccccc5c3-4)c([2H])c([2H])c2c1[2H]. The summed E-state index contributed by atoms with van der Waals surface area (Å²) < 4.78 is 124. The zero-order valence-electron chi connectivity index (χ0n) is 42.8. The molecule has 0 spiro atoms. The Morgan fingerprint density at radius 3 is 1.58 bits per heavy atom. The zero-order chi connectivity index (χ0) is 47.7. The molecule has 0 fully saturated rings. The molecule has 2 heteroatoms. The molecule has 53 heavy (non-hydrogen) atoms. The van der Waals surface area contributed by atoms with E-state index >= 15 is 0 Å². The Morgan fingerprint density at radius 2 is 0.962 bits per heavy atom. The third-order valence-corrected chi connectivity index (χ3v) is 10.1. The van der Waals surface area contributed by atoms with E-state index in [2.05, 4.69) is 13.8 Å². The predicted molar refractivity (Wildman–Crippen MR) is 226 cm³/mol. The standard InChI is InChI=1S/C51H38N2/c1-51(2)47-33-43(52(39-19-5-3-6-20-39)41-27-25-35-15-9-11-17-37(35)31-41)29-30-46(47)50-45-24-14-13-23-44(45)49(34-48(50)51)53(40-21-7-4-8-22-40)42-28-26-36-16-10-12-18-38(36)32-42/h3-34H,1-2H3/i9D,10D,11D,12D,15D,16D,17D,18D,25D,26D,27D,28D,31D,32D. The average molecular weight is 693 g/mol. The summed E-state index contributed by atoms with van der Waals surface area (Å²) in [6, 6.07) is 27.4. The van der Waals surface area contributed by atoms with Gasteiger partial charge in [0.15, 0.2) is 0 Å². The maximum Gasteiger partial charge on any atom is 0.0651 e. The fourth-order valence-corrected chi connectivity index (χ4v) is 7.59. The highest BCUT2D eigenvalue weighted by Gasteiger charge is 2.38. The van der Waals surface area contributed by atoms with Crippen LogP contribution in [0.4, 0.5) is 34.1 Å². The lowest BCUT2D eigenvalue weighted by molar-refractivity contribution is 0.661. The van der Waals surface area contributed by atoms with Crippen LogP contribution in [0.1, 0.15) is 44.2 Å². The summed E-state index contributed by atoms with van der Waals surface area (Å²) in [5, 5.41) is 0.868. The van der Waals surface area contributed by atoms with Crippen molar-refractivity contribution in [1.82, 2.24) is 0 Å². The summed E-state index contributed by atoms with van der Waals surface area (Å²) in [6.45, 7) is 4.14. The molecule has 1 aliphatic rings. The van der Waals surface area contributed by atoms with Gasteiger partial charge >= 0.3 is 0 Å². The lowest BCUT2D eigenvalue weighted by Gasteiger charge is -2.30. The highest BCUT2D eigenvalue weighted by molar-refractivity contribution is 6.10. The first-order valence-electron chi connectivity index (χ1n) is 24.3. The molecule has 0 amide bonds. The lowest BCUT2D eigenvalue weighted by Crippen LogP contribution is -2.18. The minimum absolute atomic E-state index is 0.0281. The Bertz CT molecular complexity index is 3620.